The lowest BCUT2D eigenvalue weighted by Gasteiger charge is -2.12. The van der Waals surface area contributed by atoms with Gasteiger partial charge in [-0.1, -0.05) is 18.2 Å². The van der Waals surface area contributed by atoms with E-state index in [0.29, 0.717) is 17.0 Å². The van der Waals surface area contributed by atoms with Crippen molar-refractivity contribution in [2.45, 2.75) is 20.5 Å². The summed E-state index contributed by atoms with van der Waals surface area (Å²) in [6, 6.07) is 10.1. The molecule has 4 heteroatoms. The third-order valence-electron chi connectivity index (χ3n) is 3.15. The molecule has 3 nitrogen and oxygen atoms in total. The molecule has 0 saturated heterocycles. The molecular weight excluding hydrogens is 255 g/mol. The number of hydrogen-bond donors (Lipinski definition) is 1. The minimum absolute atomic E-state index is 0.0197. The summed E-state index contributed by atoms with van der Waals surface area (Å²) in [6.07, 6.45) is 0. The number of benzene rings is 2. The number of nitrogens with two attached hydrogens (primary N) is 1. The molecule has 0 spiro atoms. The number of nitrogens with zero attached hydrogens (tertiary/aromatic N) is 1. The molecule has 2 rings (SSSR count). The highest BCUT2D eigenvalue weighted by Crippen LogP contribution is 2.25. The molecule has 2 aromatic carbocycles. The van der Waals surface area contributed by atoms with Crippen molar-refractivity contribution in [3.8, 4) is 11.8 Å². The third-order valence-corrected chi connectivity index (χ3v) is 3.15. The van der Waals surface area contributed by atoms with Gasteiger partial charge in [-0.2, -0.15) is 5.26 Å². The van der Waals surface area contributed by atoms with Crippen LogP contribution < -0.4 is 10.5 Å². The Hall–Kier alpha value is -2.54. The van der Waals surface area contributed by atoms with E-state index in [1.54, 1.807) is 18.2 Å². The molecule has 0 unspecified atom stereocenters. The van der Waals surface area contributed by atoms with E-state index >= 15 is 0 Å². The van der Waals surface area contributed by atoms with Crippen molar-refractivity contribution in [1.29, 1.82) is 5.26 Å². The van der Waals surface area contributed by atoms with E-state index in [1.807, 2.05) is 26.0 Å². The largest absolute Gasteiger partial charge is 0.488 e. The predicted molar refractivity (Wildman–Crippen MR) is 75.8 cm³/mol. The fourth-order valence-electron chi connectivity index (χ4n) is 1.94. The summed E-state index contributed by atoms with van der Waals surface area (Å²) < 4.78 is 19.5. The second kappa shape index (κ2) is 5.62. The lowest BCUT2D eigenvalue weighted by molar-refractivity contribution is 0.298. The summed E-state index contributed by atoms with van der Waals surface area (Å²) in [7, 11) is 0. The van der Waals surface area contributed by atoms with Crippen LogP contribution in [0.15, 0.2) is 30.3 Å². The van der Waals surface area contributed by atoms with E-state index in [0.717, 1.165) is 11.1 Å². The minimum Gasteiger partial charge on any atom is -0.488 e. The Kier molecular flexibility index (Phi) is 3.90. The zero-order valence-electron chi connectivity index (χ0n) is 11.4. The lowest BCUT2D eigenvalue weighted by Crippen LogP contribution is -2.02. The van der Waals surface area contributed by atoms with E-state index in [-0.39, 0.29) is 12.2 Å². The van der Waals surface area contributed by atoms with Crippen LogP contribution >= 0.6 is 0 Å². The van der Waals surface area contributed by atoms with Gasteiger partial charge in [0.2, 0.25) is 0 Å². The van der Waals surface area contributed by atoms with Crippen LogP contribution in [0, 0.1) is 31.0 Å². The van der Waals surface area contributed by atoms with Gasteiger partial charge in [-0.05, 0) is 31.0 Å². The van der Waals surface area contributed by atoms with Crippen molar-refractivity contribution in [1.82, 2.24) is 0 Å². The van der Waals surface area contributed by atoms with Crippen molar-refractivity contribution in [2.75, 3.05) is 5.73 Å². The molecule has 0 aliphatic rings. The molecule has 0 aliphatic carbocycles. The van der Waals surface area contributed by atoms with Crippen molar-refractivity contribution in [2.24, 2.45) is 0 Å². The Bertz CT molecular complexity index is 690. The number of ether oxygens (including phenoxy) is 1. The van der Waals surface area contributed by atoms with Crippen LogP contribution in [-0.4, -0.2) is 0 Å². The Morgan fingerprint density at radius 2 is 2.00 bits per heavy atom. The minimum atomic E-state index is -0.535. The summed E-state index contributed by atoms with van der Waals surface area (Å²) in [4.78, 5) is 0. The monoisotopic (exact) mass is 270 g/mol. The summed E-state index contributed by atoms with van der Waals surface area (Å²) in [5.41, 5.74) is 8.76. The maximum atomic E-state index is 13.9. The second-order valence-electron chi connectivity index (χ2n) is 4.65. The Morgan fingerprint density at radius 1 is 1.25 bits per heavy atom. The summed E-state index contributed by atoms with van der Waals surface area (Å²) >= 11 is 0. The smallest absolute Gasteiger partial charge is 0.147 e. The molecular formula is C16H15FN2O. The van der Waals surface area contributed by atoms with Gasteiger partial charge in [0, 0.05) is 17.3 Å². The molecule has 0 bridgehead atoms. The molecule has 0 aliphatic heterocycles. The van der Waals surface area contributed by atoms with Crippen molar-refractivity contribution in [3.63, 3.8) is 0 Å². The molecule has 102 valence electrons. The molecule has 0 aromatic heterocycles. The van der Waals surface area contributed by atoms with Crippen LogP contribution in [0.4, 0.5) is 10.1 Å². The zero-order chi connectivity index (χ0) is 14.7. The van der Waals surface area contributed by atoms with Gasteiger partial charge in [-0.3, -0.25) is 0 Å². The molecule has 0 heterocycles. The first kappa shape index (κ1) is 13.9. The van der Waals surface area contributed by atoms with E-state index < -0.39 is 5.82 Å². The number of hydrogen-bond acceptors (Lipinski definition) is 3. The molecule has 20 heavy (non-hydrogen) atoms. The maximum absolute atomic E-state index is 13.9. The summed E-state index contributed by atoms with van der Waals surface area (Å²) in [5, 5.41) is 8.79. The predicted octanol–water partition coefficient (Wildman–Crippen LogP) is 3.48. The maximum Gasteiger partial charge on any atom is 0.147 e. The fraction of sp³-hybridized carbons (Fsp3) is 0.188. The molecule has 0 saturated carbocycles. The first-order chi connectivity index (χ1) is 9.52. The van der Waals surface area contributed by atoms with E-state index in [1.165, 1.54) is 6.07 Å². The highest BCUT2D eigenvalue weighted by molar-refractivity contribution is 5.54. The number of nitriles is 1. The molecule has 2 aromatic rings. The molecule has 0 atom stereocenters. The van der Waals surface area contributed by atoms with Crippen LogP contribution in [-0.2, 0) is 6.61 Å². The zero-order valence-corrected chi connectivity index (χ0v) is 11.4. The second-order valence-corrected chi connectivity index (χ2v) is 4.65. The van der Waals surface area contributed by atoms with Gasteiger partial charge in [0.05, 0.1) is 5.56 Å². The lowest BCUT2D eigenvalue weighted by atomic mass is 10.1. The first-order valence-electron chi connectivity index (χ1n) is 6.20. The SMILES string of the molecule is Cc1cc(C)c(OCc2cccc(C#N)c2F)cc1N. The molecule has 0 amide bonds. The number of rotatable bonds is 3. The van der Waals surface area contributed by atoms with Gasteiger partial charge in [-0.15, -0.1) is 0 Å². The highest BCUT2D eigenvalue weighted by Gasteiger charge is 2.09. The summed E-state index contributed by atoms with van der Waals surface area (Å²) in [5.74, 6) is 0.0857. The van der Waals surface area contributed by atoms with Crippen molar-refractivity contribution in [3.05, 3.63) is 58.4 Å². The average Bonchev–Trinajstić information content (AvgIpc) is 2.43. The summed E-state index contributed by atoms with van der Waals surface area (Å²) in [6.45, 7) is 3.89. The molecule has 0 radical (unpaired) electrons. The van der Waals surface area contributed by atoms with Crippen molar-refractivity contribution >= 4 is 5.69 Å². The van der Waals surface area contributed by atoms with Crippen LogP contribution in [0.1, 0.15) is 22.3 Å². The molecule has 0 fully saturated rings. The highest BCUT2D eigenvalue weighted by atomic mass is 19.1. The average molecular weight is 270 g/mol. The van der Waals surface area contributed by atoms with E-state index in [2.05, 4.69) is 0 Å². The molecule has 2 N–H and O–H groups in total. The first-order valence-corrected chi connectivity index (χ1v) is 6.20. The fourth-order valence-corrected chi connectivity index (χ4v) is 1.94. The Morgan fingerprint density at radius 3 is 2.70 bits per heavy atom. The normalized spacial score (nSPS) is 10.1. The van der Waals surface area contributed by atoms with Gasteiger partial charge >= 0.3 is 0 Å². The van der Waals surface area contributed by atoms with Crippen LogP contribution in [0.5, 0.6) is 5.75 Å². The van der Waals surface area contributed by atoms with Gasteiger partial charge < -0.3 is 10.5 Å². The number of anilines is 1. The quantitative estimate of drug-likeness (QED) is 0.869. The van der Waals surface area contributed by atoms with Crippen LogP contribution in [0.25, 0.3) is 0 Å². The number of aryl methyl sites for hydroxylation is 2. The van der Waals surface area contributed by atoms with Gasteiger partial charge in [0.25, 0.3) is 0 Å². The Balaban J connectivity index is 2.22. The van der Waals surface area contributed by atoms with Crippen LogP contribution in [0.3, 0.4) is 0 Å². The van der Waals surface area contributed by atoms with Crippen LogP contribution in [0.2, 0.25) is 0 Å². The van der Waals surface area contributed by atoms with Gasteiger partial charge in [0.15, 0.2) is 0 Å². The van der Waals surface area contributed by atoms with E-state index in [9.17, 15) is 4.39 Å². The topological polar surface area (TPSA) is 59.0 Å². The van der Waals surface area contributed by atoms with Crippen molar-refractivity contribution < 1.29 is 9.13 Å². The number of nitrogen functional groups attached to an aromatic ring is 1. The number of halogens is 1. The Labute approximate surface area is 117 Å². The van der Waals surface area contributed by atoms with Gasteiger partial charge in [0.1, 0.15) is 24.2 Å². The third kappa shape index (κ3) is 2.72. The van der Waals surface area contributed by atoms with E-state index in [4.69, 9.17) is 15.7 Å². The van der Waals surface area contributed by atoms with Gasteiger partial charge in [-0.25, -0.2) is 4.39 Å². The standard InChI is InChI=1S/C16H15FN2O/c1-10-6-11(2)15(7-14(10)19)20-9-13-5-3-4-12(8-18)16(13)17/h3-7H,9,19H2,1-2H3.